The van der Waals surface area contributed by atoms with Crippen LogP contribution >= 0.6 is 11.8 Å². The van der Waals surface area contributed by atoms with Gasteiger partial charge in [-0.3, -0.25) is 4.79 Å². The molecule has 0 aliphatic rings. The largest absolute Gasteiger partial charge is 0.480 e. The molecule has 0 aromatic carbocycles. The van der Waals surface area contributed by atoms with Gasteiger partial charge in [0.25, 0.3) is 0 Å². The number of carbonyl (C=O) groups is 1. The molecule has 0 bridgehead atoms. The quantitative estimate of drug-likeness (QED) is 0.673. The van der Waals surface area contributed by atoms with E-state index in [-0.39, 0.29) is 6.42 Å². The number of hydrogen-bond acceptors (Lipinski definition) is 5. The predicted octanol–water partition coefficient (Wildman–Crippen LogP) is 0.0242. The Balaban J connectivity index is 4.64. The van der Waals surface area contributed by atoms with Crippen molar-refractivity contribution in [3.05, 3.63) is 0 Å². The van der Waals surface area contributed by atoms with Gasteiger partial charge in [0.2, 0.25) is 10.0 Å². The summed E-state index contributed by atoms with van der Waals surface area (Å²) < 4.78 is 24.9. The topological polar surface area (TPSA) is 107 Å². The highest BCUT2D eigenvalue weighted by Gasteiger charge is 2.27. The molecule has 0 saturated heterocycles. The molecular weight excluding hydrogens is 252 g/mol. The Labute approximate surface area is 99.1 Å². The van der Waals surface area contributed by atoms with Gasteiger partial charge in [0.05, 0.1) is 6.07 Å². The zero-order valence-electron chi connectivity index (χ0n) is 9.00. The van der Waals surface area contributed by atoms with Crippen LogP contribution in [0.2, 0.25) is 0 Å². The molecule has 0 aromatic rings. The van der Waals surface area contributed by atoms with E-state index < -0.39 is 27.3 Å². The summed E-state index contributed by atoms with van der Waals surface area (Å²) in [6.07, 6.45) is 1.99. The lowest BCUT2D eigenvalue weighted by molar-refractivity contribution is -0.139. The fourth-order valence-electron chi connectivity index (χ4n) is 0.838. The number of rotatable bonds is 7. The normalized spacial score (nSPS) is 15.1. The molecule has 0 rings (SSSR count). The number of nitriles is 1. The standard InChI is InChI=1S/C8H14N2O4S2/c1-6(5-9)16(13,14)10-7(8(11)12)3-4-15-2/h6-7,10H,3-4H2,1-2H3,(H,11,12)/t6?,7-/m1/s1. The number of nitrogens with zero attached hydrogens (tertiary/aromatic N) is 1. The predicted molar refractivity (Wildman–Crippen MR) is 61.6 cm³/mol. The first kappa shape index (κ1) is 15.2. The molecule has 0 fully saturated rings. The van der Waals surface area contributed by atoms with Crippen LogP contribution in [0.1, 0.15) is 13.3 Å². The number of thioether (sulfide) groups is 1. The van der Waals surface area contributed by atoms with Crippen molar-refractivity contribution in [3.8, 4) is 6.07 Å². The maximum Gasteiger partial charge on any atom is 0.321 e. The van der Waals surface area contributed by atoms with Crippen molar-refractivity contribution in [1.29, 1.82) is 5.26 Å². The van der Waals surface area contributed by atoms with Gasteiger partial charge in [-0.2, -0.15) is 21.7 Å². The van der Waals surface area contributed by atoms with E-state index in [1.54, 1.807) is 12.3 Å². The molecule has 0 saturated carbocycles. The third-order valence-electron chi connectivity index (χ3n) is 1.86. The molecular formula is C8H14N2O4S2. The van der Waals surface area contributed by atoms with Crippen molar-refractivity contribution in [2.75, 3.05) is 12.0 Å². The summed E-state index contributed by atoms with van der Waals surface area (Å²) in [4.78, 5) is 10.8. The number of nitrogens with one attached hydrogen (secondary N) is 1. The Kier molecular flexibility index (Phi) is 6.40. The first-order valence-electron chi connectivity index (χ1n) is 4.47. The van der Waals surface area contributed by atoms with Gasteiger partial charge in [-0.1, -0.05) is 0 Å². The molecule has 0 aliphatic carbocycles. The van der Waals surface area contributed by atoms with E-state index in [4.69, 9.17) is 10.4 Å². The second-order valence-electron chi connectivity index (χ2n) is 3.11. The second-order valence-corrected chi connectivity index (χ2v) is 6.12. The van der Waals surface area contributed by atoms with E-state index in [0.717, 1.165) is 0 Å². The van der Waals surface area contributed by atoms with E-state index in [9.17, 15) is 13.2 Å². The van der Waals surface area contributed by atoms with Crippen LogP contribution in [-0.4, -0.2) is 42.8 Å². The van der Waals surface area contributed by atoms with Crippen molar-refractivity contribution < 1.29 is 18.3 Å². The average molecular weight is 266 g/mol. The molecule has 1 unspecified atom stereocenters. The first-order chi connectivity index (χ1) is 7.35. The van der Waals surface area contributed by atoms with E-state index in [1.165, 1.54) is 18.7 Å². The molecule has 2 N–H and O–H groups in total. The van der Waals surface area contributed by atoms with Crippen molar-refractivity contribution in [2.24, 2.45) is 0 Å². The summed E-state index contributed by atoms with van der Waals surface area (Å²) in [5.41, 5.74) is 0. The van der Waals surface area contributed by atoms with Crippen molar-refractivity contribution in [3.63, 3.8) is 0 Å². The highest BCUT2D eigenvalue weighted by atomic mass is 32.2. The van der Waals surface area contributed by atoms with Crippen molar-refractivity contribution >= 4 is 27.8 Å². The van der Waals surface area contributed by atoms with Crippen LogP contribution in [0.25, 0.3) is 0 Å². The molecule has 0 aromatic heterocycles. The maximum atomic E-state index is 11.4. The number of carboxylic acid groups (broad SMARTS) is 1. The van der Waals surface area contributed by atoms with E-state index in [1.807, 2.05) is 4.72 Å². The summed E-state index contributed by atoms with van der Waals surface area (Å²) in [6, 6.07) is 0.384. The third-order valence-corrected chi connectivity index (χ3v) is 4.16. The van der Waals surface area contributed by atoms with Gasteiger partial charge >= 0.3 is 5.97 Å². The lowest BCUT2D eigenvalue weighted by atomic mass is 10.2. The Hall–Kier alpha value is -0.780. The highest BCUT2D eigenvalue weighted by Crippen LogP contribution is 2.05. The zero-order valence-corrected chi connectivity index (χ0v) is 10.6. The van der Waals surface area contributed by atoms with Crippen LogP contribution in [0, 0.1) is 11.3 Å². The molecule has 2 atom stereocenters. The summed E-state index contributed by atoms with van der Waals surface area (Å²) in [5, 5.41) is 16.0. The molecule has 0 radical (unpaired) electrons. The van der Waals surface area contributed by atoms with Gasteiger partial charge in [0.1, 0.15) is 6.04 Å². The minimum absolute atomic E-state index is 0.188. The van der Waals surface area contributed by atoms with E-state index in [2.05, 4.69) is 0 Å². The molecule has 0 heterocycles. The average Bonchev–Trinajstić information content (AvgIpc) is 2.22. The molecule has 8 heteroatoms. The summed E-state index contributed by atoms with van der Waals surface area (Å²) in [5.74, 6) is -0.705. The smallest absolute Gasteiger partial charge is 0.321 e. The second kappa shape index (κ2) is 6.73. The van der Waals surface area contributed by atoms with Gasteiger partial charge in [-0.15, -0.1) is 0 Å². The number of hydrogen-bond donors (Lipinski definition) is 2. The van der Waals surface area contributed by atoms with Crippen LogP contribution in [0.4, 0.5) is 0 Å². The fraction of sp³-hybridized carbons (Fsp3) is 0.750. The van der Waals surface area contributed by atoms with Crippen LogP contribution in [0.15, 0.2) is 0 Å². The van der Waals surface area contributed by atoms with Gasteiger partial charge < -0.3 is 5.11 Å². The Morgan fingerprint density at radius 1 is 1.62 bits per heavy atom. The van der Waals surface area contributed by atoms with Gasteiger partial charge in [0.15, 0.2) is 5.25 Å². The van der Waals surface area contributed by atoms with Gasteiger partial charge in [0, 0.05) is 0 Å². The number of sulfonamides is 1. The maximum absolute atomic E-state index is 11.4. The molecule has 0 amide bonds. The number of carboxylic acids is 1. The molecule has 6 nitrogen and oxygen atoms in total. The Morgan fingerprint density at radius 2 is 2.19 bits per heavy atom. The minimum atomic E-state index is -3.89. The van der Waals surface area contributed by atoms with Crippen LogP contribution < -0.4 is 4.72 Å². The lowest BCUT2D eigenvalue weighted by Gasteiger charge is -2.14. The molecule has 0 aliphatic heterocycles. The van der Waals surface area contributed by atoms with Gasteiger partial charge in [-0.05, 0) is 25.4 Å². The third kappa shape index (κ3) is 4.83. The first-order valence-corrected chi connectivity index (χ1v) is 7.41. The Morgan fingerprint density at radius 3 is 2.56 bits per heavy atom. The molecule has 92 valence electrons. The number of aliphatic carboxylic acids is 1. The Bertz CT molecular complexity index is 374. The fourth-order valence-corrected chi connectivity index (χ4v) is 2.27. The summed E-state index contributed by atoms with van der Waals surface area (Å²) >= 11 is 1.42. The van der Waals surface area contributed by atoms with Crippen LogP contribution in [-0.2, 0) is 14.8 Å². The van der Waals surface area contributed by atoms with Crippen molar-refractivity contribution in [1.82, 2.24) is 4.72 Å². The summed E-state index contributed by atoms with van der Waals surface area (Å²) in [6.45, 7) is 1.20. The van der Waals surface area contributed by atoms with Crippen LogP contribution in [0.5, 0.6) is 0 Å². The summed E-state index contributed by atoms with van der Waals surface area (Å²) in [7, 11) is -3.89. The van der Waals surface area contributed by atoms with E-state index in [0.29, 0.717) is 5.75 Å². The minimum Gasteiger partial charge on any atom is -0.480 e. The molecule has 16 heavy (non-hydrogen) atoms. The van der Waals surface area contributed by atoms with Crippen molar-refractivity contribution in [2.45, 2.75) is 24.6 Å². The van der Waals surface area contributed by atoms with E-state index >= 15 is 0 Å². The molecule has 0 spiro atoms. The van der Waals surface area contributed by atoms with Gasteiger partial charge in [-0.25, -0.2) is 8.42 Å². The lowest BCUT2D eigenvalue weighted by Crippen LogP contribution is -2.44. The van der Waals surface area contributed by atoms with Crippen LogP contribution in [0.3, 0.4) is 0 Å². The zero-order chi connectivity index (χ0) is 12.8. The monoisotopic (exact) mass is 266 g/mol. The SMILES string of the molecule is CSCC[C@@H](NS(=O)(=O)C(C)C#N)C(=O)O. The highest BCUT2D eigenvalue weighted by molar-refractivity contribution is 7.98.